The van der Waals surface area contributed by atoms with E-state index in [-0.39, 0.29) is 24.1 Å². The molecule has 0 bridgehead atoms. The lowest BCUT2D eigenvalue weighted by atomic mass is 9.89. The van der Waals surface area contributed by atoms with E-state index in [2.05, 4.69) is 32.1 Å². The van der Waals surface area contributed by atoms with Crippen LogP contribution in [0.25, 0.3) is 0 Å². The molecule has 7 nitrogen and oxygen atoms in total. The number of carbonyl (C=O) groups is 3. The first-order valence-corrected chi connectivity index (χ1v) is 7.98. The summed E-state index contributed by atoms with van der Waals surface area (Å²) in [4.78, 5) is 35.1. The van der Waals surface area contributed by atoms with Gasteiger partial charge in [0.2, 0.25) is 5.91 Å². The molecule has 1 aromatic heterocycles. The molecule has 0 saturated heterocycles. The van der Waals surface area contributed by atoms with Crippen molar-refractivity contribution in [1.29, 1.82) is 0 Å². The Balaban J connectivity index is 1.67. The van der Waals surface area contributed by atoms with Crippen LogP contribution >= 0.6 is 15.9 Å². The second kappa shape index (κ2) is 7.98. The molecule has 8 heteroatoms. The van der Waals surface area contributed by atoms with E-state index in [1.54, 1.807) is 6.07 Å². The Morgan fingerprint density at radius 3 is 2.50 bits per heavy atom. The van der Waals surface area contributed by atoms with Crippen molar-refractivity contribution < 1.29 is 18.8 Å². The van der Waals surface area contributed by atoms with Gasteiger partial charge in [-0.2, -0.15) is 0 Å². The van der Waals surface area contributed by atoms with Crippen molar-refractivity contribution in [3.63, 3.8) is 0 Å². The highest BCUT2D eigenvalue weighted by Gasteiger charge is 2.21. The Labute approximate surface area is 136 Å². The van der Waals surface area contributed by atoms with Gasteiger partial charge in [-0.15, -0.1) is 0 Å². The summed E-state index contributed by atoms with van der Waals surface area (Å²) in [6, 6.07) is 3.04. The molecule has 0 unspecified atom stereocenters. The number of hydrogen-bond donors (Lipinski definition) is 3. The molecule has 1 saturated carbocycles. The van der Waals surface area contributed by atoms with Crippen molar-refractivity contribution >= 4 is 33.7 Å². The Hall–Kier alpha value is -1.83. The molecule has 0 aromatic carbocycles. The summed E-state index contributed by atoms with van der Waals surface area (Å²) in [5, 5.41) is 2.59. The molecule has 22 heavy (non-hydrogen) atoms. The number of furan rings is 1. The van der Waals surface area contributed by atoms with E-state index >= 15 is 0 Å². The molecular weight excluding hydrogens is 354 g/mol. The van der Waals surface area contributed by atoms with E-state index in [0.29, 0.717) is 4.67 Å². The molecule has 1 aromatic rings. The van der Waals surface area contributed by atoms with E-state index in [4.69, 9.17) is 4.42 Å². The topological polar surface area (TPSA) is 100 Å². The summed E-state index contributed by atoms with van der Waals surface area (Å²) in [5.41, 5.74) is 4.43. The van der Waals surface area contributed by atoms with Gasteiger partial charge in [-0.3, -0.25) is 25.2 Å². The van der Waals surface area contributed by atoms with Gasteiger partial charge < -0.3 is 9.73 Å². The highest BCUT2D eigenvalue weighted by molar-refractivity contribution is 9.10. The van der Waals surface area contributed by atoms with Crippen molar-refractivity contribution in [2.75, 3.05) is 6.54 Å². The molecule has 2 rings (SSSR count). The van der Waals surface area contributed by atoms with Crippen LogP contribution in [0.3, 0.4) is 0 Å². The van der Waals surface area contributed by atoms with Crippen LogP contribution in [0.4, 0.5) is 0 Å². The van der Waals surface area contributed by atoms with Crippen LogP contribution in [0.15, 0.2) is 21.2 Å². The van der Waals surface area contributed by atoms with Gasteiger partial charge in [0.1, 0.15) is 0 Å². The van der Waals surface area contributed by atoms with Gasteiger partial charge in [0.05, 0.1) is 6.54 Å². The minimum absolute atomic E-state index is 0.00314. The molecule has 1 heterocycles. The Bertz CT molecular complexity index is 552. The quantitative estimate of drug-likeness (QED) is 0.698. The number of halogens is 1. The van der Waals surface area contributed by atoms with Crippen LogP contribution in [-0.4, -0.2) is 24.3 Å². The van der Waals surface area contributed by atoms with Crippen LogP contribution in [0.2, 0.25) is 0 Å². The minimum atomic E-state index is -0.572. The third-order valence-electron chi connectivity index (χ3n) is 3.51. The lowest BCUT2D eigenvalue weighted by molar-refractivity contribution is -0.129. The lowest BCUT2D eigenvalue weighted by Gasteiger charge is -2.20. The number of amides is 3. The molecule has 3 N–H and O–H groups in total. The van der Waals surface area contributed by atoms with Crippen molar-refractivity contribution in [1.82, 2.24) is 16.2 Å². The zero-order valence-electron chi connectivity index (χ0n) is 12.0. The second-order valence-electron chi connectivity index (χ2n) is 5.16. The number of nitrogens with one attached hydrogen (secondary N) is 3. The van der Waals surface area contributed by atoms with Gasteiger partial charge >= 0.3 is 5.91 Å². The summed E-state index contributed by atoms with van der Waals surface area (Å²) in [5.74, 6) is -1.10. The number of hydrazine groups is 1. The minimum Gasteiger partial charge on any atom is -0.444 e. The molecule has 1 aliphatic carbocycles. The Kier molecular flexibility index (Phi) is 6.00. The van der Waals surface area contributed by atoms with Gasteiger partial charge in [-0.05, 0) is 40.9 Å². The SMILES string of the molecule is O=C(CNC(=O)C1CCCCC1)NNC(=O)c1ccc(Br)o1. The highest BCUT2D eigenvalue weighted by Crippen LogP contribution is 2.23. The summed E-state index contributed by atoms with van der Waals surface area (Å²) in [6.07, 6.45) is 5.02. The van der Waals surface area contributed by atoms with E-state index in [9.17, 15) is 14.4 Å². The molecule has 0 spiro atoms. The number of rotatable bonds is 4. The molecule has 0 atom stereocenters. The van der Waals surface area contributed by atoms with Crippen LogP contribution in [0.1, 0.15) is 42.7 Å². The second-order valence-corrected chi connectivity index (χ2v) is 5.94. The largest absolute Gasteiger partial charge is 0.444 e. The Morgan fingerprint density at radius 2 is 1.86 bits per heavy atom. The summed E-state index contributed by atoms with van der Waals surface area (Å²) in [7, 11) is 0. The molecule has 0 radical (unpaired) electrons. The fourth-order valence-electron chi connectivity index (χ4n) is 2.35. The average Bonchev–Trinajstić information content (AvgIpc) is 2.97. The third-order valence-corrected chi connectivity index (χ3v) is 3.94. The molecule has 120 valence electrons. The third kappa shape index (κ3) is 4.87. The monoisotopic (exact) mass is 371 g/mol. The maximum atomic E-state index is 11.9. The van der Waals surface area contributed by atoms with Crippen molar-refractivity contribution in [2.24, 2.45) is 5.92 Å². The van der Waals surface area contributed by atoms with E-state index in [1.165, 1.54) is 12.5 Å². The van der Waals surface area contributed by atoms with Gasteiger partial charge in [0.15, 0.2) is 10.4 Å². The zero-order valence-corrected chi connectivity index (χ0v) is 13.6. The van der Waals surface area contributed by atoms with Crippen LogP contribution < -0.4 is 16.2 Å². The maximum absolute atomic E-state index is 11.9. The average molecular weight is 372 g/mol. The maximum Gasteiger partial charge on any atom is 0.305 e. The zero-order chi connectivity index (χ0) is 15.9. The predicted molar refractivity (Wildman–Crippen MR) is 81.6 cm³/mol. The van der Waals surface area contributed by atoms with Crippen molar-refractivity contribution in [3.05, 3.63) is 22.6 Å². The van der Waals surface area contributed by atoms with E-state index < -0.39 is 11.8 Å². The van der Waals surface area contributed by atoms with Crippen LogP contribution in [-0.2, 0) is 9.59 Å². The van der Waals surface area contributed by atoms with Crippen LogP contribution in [0, 0.1) is 5.92 Å². The van der Waals surface area contributed by atoms with Crippen molar-refractivity contribution in [3.8, 4) is 0 Å². The summed E-state index contributed by atoms with van der Waals surface area (Å²) < 4.78 is 5.46. The highest BCUT2D eigenvalue weighted by atomic mass is 79.9. The summed E-state index contributed by atoms with van der Waals surface area (Å²) >= 11 is 3.08. The normalized spacial score (nSPS) is 15.1. The molecule has 0 aliphatic heterocycles. The Morgan fingerprint density at radius 1 is 1.14 bits per heavy atom. The molecule has 1 aliphatic rings. The number of hydrogen-bond acceptors (Lipinski definition) is 4. The predicted octanol–water partition coefficient (Wildman–Crippen LogP) is 1.50. The first kappa shape index (κ1) is 16.5. The molecular formula is C14H18BrN3O4. The molecule has 3 amide bonds. The van der Waals surface area contributed by atoms with Gasteiger partial charge in [0, 0.05) is 5.92 Å². The van der Waals surface area contributed by atoms with E-state index in [0.717, 1.165) is 25.7 Å². The molecule has 1 fully saturated rings. The van der Waals surface area contributed by atoms with Gasteiger partial charge in [-0.25, -0.2) is 0 Å². The first-order valence-electron chi connectivity index (χ1n) is 7.18. The van der Waals surface area contributed by atoms with E-state index in [1.807, 2.05) is 0 Å². The fraction of sp³-hybridized carbons (Fsp3) is 0.500. The first-order chi connectivity index (χ1) is 10.6. The van der Waals surface area contributed by atoms with Gasteiger partial charge in [-0.1, -0.05) is 19.3 Å². The standard InChI is InChI=1S/C14H18BrN3O4/c15-11-7-6-10(22-11)14(21)18-17-12(19)8-16-13(20)9-4-2-1-3-5-9/h6-7,9H,1-5,8H2,(H,16,20)(H,17,19)(H,18,21). The van der Waals surface area contributed by atoms with Crippen molar-refractivity contribution in [2.45, 2.75) is 32.1 Å². The van der Waals surface area contributed by atoms with Gasteiger partial charge in [0.25, 0.3) is 5.91 Å². The fourth-order valence-corrected chi connectivity index (χ4v) is 2.65. The smallest absolute Gasteiger partial charge is 0.305 e. The van der Waals surface area contributed by atoms with Crippen LogP contribution in [0.5, 0.6) is 0 Å². The summed E-state index contributed by atoms with van der Waals surface area (Å²) in [6.45, 7) is -0.169. The lowest BCUT2D eigenvalue weighted by Crippen LogP contribution is -2.47. The number of carbonyl (C=O) groups excluding carboxylic acids is 3.